The quantitative estimate of drug-likeness (QED) is 0.599. The second kappa shape index (κ2) is 3.96. The van der Waals surface area contributed by atoms with Gasteiger partial charge in [0.1, 0.15) is 0 Å². The van der Waals surface area contributed by atoms with Crippen molar-refractivity contribution in [3.05, 3.63) is 61.8 Å². The van der Waals surface area contributed by atoms with Crippen LogP contribution in [0.1, 0.15) is 0 Å². The van der Waals surface area contributed by atoms with Crippen LogP contribution in [0.3, 0.4) is 0 Å². The predicted octanol–water partition coefficient (Wildman–Crippen LogP) is 3.98. The molecule has 2 nitrogen and oxygen atoms in total. The number of fused-ring (bicyclic) bond motifs is 3. The van der Waals surface area contributed by atoms with E-state index in [1.54, 1.807) is 18.3 Å². The summed E-state index contributed by atoms with van der Waals surface area (Å²) in [5, 5.41) is 1.13. The lowest BCUT2D eigenvalue weighted by atomic mass is 10.2. The number of benzene rings is 1. The molecule has 4 heteroatoms. The summed E-state index contributed by atoms with van der Waals surface area (Å²) in [7, 11) is 0. The van der Waals surface area contributed by atoms with Crippen molar-refractivity contribution in [2.45, 2.75) is 0 Å². The third-order valence-electron chi connectivity index (χ3n) is 2.69. The number of hydrogen-bond acceptors (Lipinski definition) is 1. The molecule has 0 bridgehead atoms. The van der Waals surface area contributed by atoms with Crippen LogP contribution in [0, 0.1) is 0 Å². The maximum absolute atomic E-state index is 11.3. The summed E-state index contributed by atoms with van der Waals surface area (Å²) in [4.78, 5) is 11.3. The fraction of sp³-hybridized carbons (Fsp3) is 0. The first-order chi connectivity index (χ1) is 8.15. The maximum atomic E-state index is 11.3. The second-order valence-corrected chi connectivity index (χ2v) is 5.59. The van der Waals surface area contributed by atoms with E-state index in [-0.39, 0.29) is 5.43 Å². The topological polar surface area (TPSA) is 21.5 Å². The monoisotopic (exact) mass is 351 g/mol. The summed E-state index contributed by atoms with van der Waals surface area (Å²) in [5.41, 5.74) is 2.08. The molecule has 84 valence electrons. The predicted molar refractivity (Wildman–Crippen MR) is 76.6 cm³/mol. The molecule has 0 aliphatic rings. The molecule has 0 N–H and O–H groups in total. The van der Waals surface area contributed by atoms with E-state index in [9.17, 15) is 4.79 Å². The molecule has 0 spiro atoms. The first-order valence-corrected chi connectivity index (χ1v) is 6.64. The molecule has 2 heterocycles. The molecule has 3 aromatic rings. The summed E-state index contributed by atoms with van der Waals surface area (Å²) in [6.45, 7) is 0. The normalized spacial score (nSPS) is 11.2. The van der Waals surface area contributed by atoms with E-state index in [1.807, 2.05) is 16.5 Å². The van der Waals surface area contributed by atoms with Crippen molar-refractivity contribution in [3.8, 4) is 0 Å². The number of nitrogens with zero attached hydrogens (tertiary/aromatic N) is 1. The Bertz CT molecular complexity index is 792. The minimum atomic E-state index is 0.00934. The van der Waals surface area contributed by atoms with Gasteiger partial charge < -0.3 is 4.40 Å². The molecule has 0 saturated carbocycles. The Balaban J connectivity index is 2.59. The number of rotatable bonds is 0. The van der Waals surface area contributed by atoms with Gasteiger partial charge >= 0.3 is 0 Å². The van der Waals surface area contributed by atoms with E-state index in [2.05, 4.69) is 44.0 Å². The first-order valence-electron chi connectivity index (χ1n) is 5.05. The lowest BCUT2D eigenvalue weighted by molar-refractivity contribution is 1.26. The van der Waals surface area contributed by atoms with Crippen LogP contribution >= 0.6 is 31.9 Å². The van der Waals surface area contributed by atoms with Gasteiger partial charge in [-0.25, -0.2) is 0 Å². The SMILES string of the molecule is O=c1ccc2cc3cc(Br)cc(Br)c3n2cc1. The number of aromatic nitrogens is 1. The van der Waals surface area contributed by atoms with Crippen molar-refractivity contribution in [2.24, 2.45) is 0 Å². The highest BCUT2D eigenvalue weighted by Crippen LogP contribution is 2.30. The van der Waals surface area contributed by atoms with Gasteiger partial charge in [-0.1, -0.05) is 15.9 Å². The molecule has 0 aliphatic carbocycles. The molecule has 0 aliphatic heterocycles. The Labute approximate surface area is 114 Å². The van der Waals surface area contributed by atoms with E-state index in [0.29, 0.717) is 0 Å². The molecule has 0 atom stereocenters. The molecule has 0 saturated heterocycles. The smallest absolute Gasteiger partial charge is 0.180 e. The van der Waals surface area contributed by atoms with Crippen LogP contribution in [0.2, 0.25) is 0 Å². The third-order valence-corrected chi connectivity index (χ3v) is 3.75. The first kappa shape index (κ1) is 11.0. The third kappa shape index (κ3) is 1.81. The number of halogens is 2. The summed E-state index contributed by atoms with van der Waals surface area (Å²) >= 11 is 7.02. The average molecular weight is 353 g/mol. The highest BCUT2D eigenvalue weighted by Gasteiger charge is 2.06. The zero-order valence-electron chi connectivity index (χ0n) is 8.65. The van der Waals surface area contributed by atoms with Gasteiger partial charge in [-0.05, 0) is 46.3 Å². The van der Waals surface area contributed by atoms with Crippen molar-refractivity contribution in [3.63, 3.8) is 0 Å². The van der Waals surface area contributed by atoms with Gasteiger partial charge in [0.2, 0.25) is 0 Å². The van der Waals surface area contributed by atoms with E-state index in [0.717, 1.165) is 25.4 Å². The fourth-order valence-corrected chi connectivity index (χ4v) is 3.42. The van der Waals surface area contributed by atoms with Gasteiger partial charge in [-0.2, -0.15) is 0 Å². The van der Waals surface area contributed by atoms with Crippen LogP contribution in [0.5, 0.6) is 0 Å². The summed E-state index contributed by atoms with van der Waals surface area (Å²) < 4.78 is 4.04. The molecule has 1 aromatic carbocycles. The Hall–Kier alpha value is -1.13. The van der Waals surface area contributed by atoms with E-state index in [4.69, 9.17) is 0 Å². The van der Waals surface area contributed by atoms with Gasteiger partial charge in [0.05, 0.1) is 5.52 Å². The van der Waals surface area contributed by atoms with E-state index < -0.39 is 0 Å². The Morgan fingerprint density at radius 2 is 1.82 bits per heavy atom. The van der Waals surface area contributed by atoms with Gasteiger partial charge in [0.15, 0.2) is 5.43 Å². The lowest BCUT2D eigenvalue weighted by Crippen LogP contribution is -1.88. The molecule has 17 heavy (non-hydrogen) atoms. The number of hydrogen-bond donors (Lipinski definition) is 0. The summed E-state index contributed by atoms with van der Waals surface area (Å²) in [5.74, 6) is 0. The van der Waals surface area contributed by atoms with E-state index in [1.165, 1.54) is 0 Å². The van der Waals surface area contributed by atoms with Crippen LogP contribution in [-0.2, 0) is 0 Å². The molecule has 0 amide bonds. The molecular formula is C13H7Br2NO. The standard InChI is InChI=1S/C13H7Br2NO/c14-9-5-8-6-10-1-2-11(17)3-4-16(10)13(8)12(15)7-9/h1-7H. The van der Waals surface area contributed by atoms with Gasteiger partial charge in [-0.3, -0.25) is 4.79 Å². The van der Waals surface area contributed by atoms with Crippen molar-refractivity contribution < 1.29 is 0 Å². The van der Waals surface area contributed by atoms with Crippen LogP contribution in [0.25, 0.3) is 16.4 Å². The zero-order chi connectivity index (χ0) is 12.0. The van der Waals surface area contributed by atoms with Gasteiger partial charge in [0, 0.05) is 32.1 Å². The van der Waals surface area contributed by atoms with Crippen LogP contribution in [-0.4, -0.2) is 4.40 Å². The largest absolute Gasteiger partial charge is 0.315 e. The van der Waals surface area contributed by atoms with Crippen molar-refractivity contribution in [2.75, 3.05) is 0 Å². The van der Waals surface area contributed by atoms with Crippen LogP contribution in [0.15, 0.2) is 56.3 Å². The van der Waals surface area contributed by atoms with E-state index >= 15 is 0 Å². The Morgan fingerprint density at radius 1 is 1.00 bits per heavy atom. The highest BCUT2D eigenvalue weighted by atomic mass is 79.9. The molecule has 0 fully saturated rings. The lowest BCUT2D eigenvalue weighted by Gasteiger charge is -1.98. The van der Waals surface area contributed by atoms with Gasteiger partial charge in [-0.15, -0.1) is 0 Å². The Morgan fingerprint density at radius 3 is 2.65 bits per heavy atom. The highest BCUT2D eigenvalue weighted by molar-refractivity contribution is 9.11. The zero-order valence-corrected chi connectivity index (χ0v) is 11.8. The molecular weight excluding hydrogens is 346 g/mol. The van der Waals surface area contributed by atoms with Crippen LogP contribution in [0.4, 0.5) is 0 Å². The summed E-state index contributed by atoms with van der Waals surface area (Å²) in [6.07, 6.45) is 1.80. The van der Waals surface area contributed by atoms with Crippen molar-refractivity contribution in [1.29, 1.82) is 0 Å². The maximum Gasteiger partial charge on any atom is 0.180 e. The van der Waals surface area contributed by atoms with Gasteiger partial charge in [0.25, 0.3) is 0 Å². The van der Waals surface area contributed by atoms with Crippen LogP contribution < -0.4 is 5.43 Å². The minimum Gasteiger partial charge on any atom is -0.315 e. The summed E-state index contributed by atoms with van der Waals surface area (Å²) in [6, 6.07) is 11.1. The average Bonchev–Trinajstić information content (AvgIpc) is 2.52. The molecule has 0 radical (unpaired) electrons. The van der Waals surface area contributed by atoms with Crippen molar-refractivity contribution >= 4 is 48.3 Å². The minimum absolute atomic E-state index is 0.00934. The second-order valence-electron chi connectivity index (χ2n) is 3.82. The molecule has 0 unspecified atom stereocenters. The van der Waals surface area contributed by atoms with Crippen molar-refractivity contribution in [1.82, 2.24) is 4.40 Å². The fourth-order valence-electron chi connectivity index (χ4n) is 1.97. The molecule has 3 rings (SSSR count). The Kier molecular flexibility index (Phi) is 2.56. The molecule has 2 aromatic heterocycles.